The van der Waals surface area contributed by atoms with Crippen LogP contribution in [0, 0.1) is 6.92 Å². The SMILES string of the molecule is C=C(C)Cn1cc(CCN(C)C)c2c(O)ccc(C)c21. The standard InChI is InChI=1S/C17H24N2O/c1-12(2)10-19-11-14(8-9-18(4)5)16-15(20)7-6-13(3)17(16)19/h6-7,11,20H,1,8-10H2,2-5H3. The lowest BCUT2D eigenvalue weighted by Gasteiger charge is -2.09. The average molecular weight is 272 g/mol. The van der Waals surface area contributed by atoms with Gasteiger partial charge >= 0.3 is 0 Å². The molecule has 0 amide bonds. The number of phenols is 1. The van der Waals surface area contributed by atoms with Crippen LogP contribution in [0.1, 0.15) is 18.1 Å². The molecule has 1 heterocycles. The molecule has 1 N–H and O–H groups in total. The molecule has 0 aliphatic heterocycles. The summed E-state index contributed by atoms with van der Waals surface area (Å²) in [4.78, 5) is 2.16. The highest BCUT2D eigenvalue weighted by atomic mass is 16.3. The van der Waals surface area contributed by atoms with E-state index in [0.717, 1.165) is 36.0 Å². The van der Waals surface area contributed by atoms with Crippen LogP contribution in [0.25, 0.3) is 10.9 Å². The molecule has 0 fully saturated rings. The fraction of sp³-hybridized carbons (Fsp3) is 0.412. The minimum absolute atomic E-state index is 0.375. The third-order valence-electron chi connectivity index (χ3n) is 3.55. The van der Waals surface area contributed by atoms with Crippen molar-refractivity contribution in [2.75, 3.05) is 20.6 Å². The Morgan fingerprint density at radius 3 is 2.65 bits per heavy atom. The molecule has 0 unspecified atom stereocenters. The first-order valence-electron chi connectivity index (χ1n) is 6.99. The molecule has 0 saturated heterocycles. The first-order chi connectivity index (χ1) is 9.40. The number of hydrogen-bond acceptors (Lipinski definition) is 2. The second kappa shape index (κ2) is 5.71. The van der Waals surface area contributed by atoms with Crippen LogP contribution >= 0.6 is 0 Å². The van der Waals surface area contributed by atoms with E-state index in [2.05, 4.69) is 43.3 Å². The largest absolute Gasteiger partial charge is 0.507 e. The van der Waals surface area contributed by atoms with Crippen LogP contribution in [-0.2, 0) is 13.0 Å². The van der Waals surface area contributed by atoms with Gasteiger partial charge in [-0.2, -0.15) is 0 Å². The minimum Gasteiger partial charge on any atom is -0.507 e. The molecule has 1 aromatic carbocycles. The van der Waals surface area contributed by atoms with E-state index in [1.54, 1.807) is 6.07 Å². The summed E-state index contributed by atoms with van der Waals surface area (Å²) in [5.41, 5.74) is 4.64. The van der Waals surface area contributed by atoms with Crippen LogP contribution in [0.2, 0.25) is 0 Å². The minimum atomic E-state index is 0.375. The van der Waals surface area contributed by atoms with Gasteiger partial charge in [0, 0.05) is 24.7 Å². The van der Waals surface area contributed by atoms with Crippen LogP contribution < -0.4 is 0 Å². The Hall–Kier alpha value is -1.74. The van der Waals surface area contributed by atoms with Gasteiger partial charge in [-0.05, 0) is 51.6 Å². The molecule has 2 aromatic rings. The number of hydrogen-bond donors (Lipinski definition) is 1. The maximum Gasteiger partial charge on any atom is 0.125 e. The Balaban J connectivity index is 2.57. The molecule has 0 aliphatic rings. The summed E-state index contributed by atoms with van der Waals surface area (Å²) in [6, 6.07) is 3.77. The number of nitrogens with zero attached hydrogens (tertiary/aromatic N) is 2. The smallest absolute Gasteiger partial charge is 0.125 e. The number of fused-ring (bicyclic) bond motifs is 1. The fourth-order valence-electron chi connectivity index (χ4n) is 2.64. The summed E-state index contributed by atoms with van der Waals surface area (Å²) in [6.45, 7) is 9.89. The van der Waals surface area contributed by atoms with Gasteiger partial charge in [0.2, 0.25) is 0 Å². The van der Waals surface area contributed by atoms with E-state index in [1.165, 1.54) is 11.1 Å². The van der Waals surface area contributed by atoms with Gasteiger partial charge in [-0.25, -0.2) is 0 Å². The van der Waals surface area contributed by atoms with E-state index in [9.17, 15) is 5.11 Å². The third-order valence-corrected chi connectivity index (χ3v) is 3.55. The molecule has 0 aliphatic carbocycles. The molecule has 0 spiro atoms. The van der Waals surface area contributed by atoms with Gasteiger partial charge in [-0.3, -0.25) is 0 Å². The summed E-state index contributed by atoms with van der Waals surface area (Å²) < 4.78 is 2.21. The molecule has 0 atom stereocenters. The highest BCUT2D eigenvalue weighted by molar-refractivity contribution is 5.92. The van der Waals surface area contributed by atoms with E-state index in [4.69, 9.17) is 0 Å². The zero-order chi connectivity index (χ0) is 14.9. The van der Waals surface area contributed by atoms with Crippen LogP contribution in [-0.4, -0.2) is 35.2 Å². The molecule has 0 radical (unpaired) electrons. The lowest BCUT2D eigenvalue weighted by molar-refractivity contribution is 0.413. The predicted octanol–water partition coefficient (Wildman–Crippen LogP) is 3.34. The molecule has 3 nitrogen and oxygen atoms in total. The van der Waals surface area contributed by atoms with E-state index in [-0.39, 0.29) is 0 Å². The van der Waals surface area contributed by atoms with Crippen molar-refractivity contribution >= 4 is 10.9 Å². The van der Waals surface area contributed by atoms with Crippen LogP contribution in [0.4, 0.5) is 0 Å². The number of aryl methyl sites for hydroxylation is 1. The van der Waals surface area contributed by atoms with Gasteiger partial charge < -0.3 is 14.6 Å². The molecular weight excluding hydrogens is 248 g/mol. The number of rotatable bonds is 5. The van der Waals surface area contributed by atoms with Crippen molar-refractivity contribution in [2.24, 2.45) is 0 Å². The van der Waals surface area contributed by atoms with Gasteiger partial charge in [0.15, 0.2) is 0 Å². The first kappa shape index (κ1) is 14.7. The molecule has 3 heteroatoms. The first-order valence-corrected chi connectivity index (χ1v) is 6.99. The molecule has 0 bridgehead atoms. The zero-order valence-corrected chi connectivity index (χ0v) is 12.9. The zero-order valence-electron chi connectivity index (χ0n) is 12.9. The molecule has 1 aromatic heterocycles. The van der Waals surface area contributed by atoms with Crippen molar-refractivity contribution in [1.82, 2.24) is 9.47 Å². The Labute approximate surface area is 121 Å². The Morgan fingerprint density at radius 2 is 2.05 bits per heavy atom. The topological polar surface area (TPSA) is 28.4 Å². The Morgan fingerprint density at radius 1 is 1.35 bits per heavy atom. The second-order valence-corrected chi connectivity index (χ2v) is 5.92. The number of aromatic nitrogens is 1. The third kappa shape index (κ3) is 2.88. The quantitative estimate of drug-likeness (QED) is 0.846. The van der Waals surface area contributed by atoms with Gasteiger partial charge in [0.05, 0.1) is 5.52 Å². The lowest BCUT2D eigenvalue weighted by Crippen LogP contribution is -2.14. The van der Waals surface area contributed by atoms with E-state index in [0.29, 0.717) is 5.75 Å². The Bertz CT molecular complexity index is 638. The summed E-state index contributed by atoms with van der Waals surface area (Å²) in [5, 5.41) is 11.2. The molecule has 108 valence electrons. The molecule has 0 saturated carbocycles. The van der Waals surface area contributed by atoms with Crippen LogP contribution in [0.3, 0.4) is 0 Å². The monoisotopic (exact) mass is 272 g/mol. The van der Waals surface area contributed by atoms with Crippen molar-refractivity contribution in [3.63, 3.8) is 0 Å². The average Bonchev–Trinajstić information content (AvgIpc) is 2.70. The highest BCUT2D eigenvalue weighted by Gasteiger charge is 2.14. The lowest BCUT2D eigenvalue weighted by atomic mass is 10.1. The normalized spacial score (nSPS) is 11.4. The maximum absolute atomic E-state index is 10.2. The van der Waals surface area contributed by atoms with Gasteiger partial charge in [-0.15, -0.1) is 0 Å². The highest BCUT2D eigenvalue weighted by Crippen LogP contribution is 2.33. The number of aromatic hydroxyl groups is 1. The molecule has 20 heavy (non-hydrogen) atoms. The van der Waals surface area contributed by atoms with Crippen LogP contribution in [0.15, 0.2) is 30.5 Å². The van der Waals surface area contributed by atoms with Crippen molar-refractivity contribution < 1.29 is 5.11 Å². The molecular formula is C17H24N2O. The number of likely N-dealkylation sites (N-methyl/N-ethyl adjacent to an activating group) is 1. The summed E-state index contributed by atoms with van der Waals surface area (Å²) in [6.07, 6.45) is 3.10. The summed E-state index contributed by atoms with van der Waals surface area (Å²) >= 11 is 0. The van der Waals surface area contributed by atoms with E-state index in [1.807, 2.05) is 13.0 Å². The van der Waals surface area contributed by atoms with Crippen molar-refractivity contribution in [1.29, 1.82) is 0 Å². The Kier molecular flexibility index (Phi) is 4.19. The van der Waals surface area contributed by atoms with Gasteiger partial charge in [0.1, 0.15) is 5.75 Å². The van der Waals surface area contributed by atoms with Gasteiger partial charge in [0.25, 0.3) is 0 Å². The van der Waals surface area contributed by atoms with Crippen molar-refractivity contribution in [2.45, 2.75) is 26.8 Å². The molecule has 2 rings (SSSR count). The predicted molar refractivity (Wildman–Crippen MR) is 85.4 cm³/mol. The number of allylic oxidation sites excluding steroid dienone is 1. The number of benzene rings is 1. The summed E-state index contributed by atoms with van der Waals surface area (Å²) in [5.74, 6) is 0.375. The van der Waals surface area contributed by atoms with E-state index >= 15 is 0 Å². The van der Waals surface area contributed by atoms with Crippen molar-refractivity contribution in [3.05, 3.63) is 41.6 Å². The maximum atomic E-state index is 10.2. The fourth-order valence-corrected chi connectivity index (χ4v) is 2.64. The van der Waals surface area contributed by atoms with Crippen LogP contribution in [0.5, 0.6) is 5.75 Å². The summed E-state index contributed by atoms with van der Waals surface area (Å²) in [7, 11) is 4.14. The van der Waals surface area contributed by atoms with E-state index < -0.39 is 0 Å². The second-order valence-electron chi connectivity index (χ2n) is 5.92. The van der Waals surface area contributed by atoms with Gasteiger partial charge in [-0.1, -0.05) is 18.2 Å². The number of phenolic OH excluding ortho intramolecular Hbond substituents is 1. The van der Waals surface area contributed by atoms with Crippen molar-refractivity contribution in [3.8, 4) is 5.75 Å².